The maximum Gasteiger partial charge on any atom is 0.123 e. The first kappa shape index (κ1) is 14.0. The highest BCUT2D eigenvalue weighted by Crippen LogP contribution is 2.26. The van der Waals surface area contributed by atoms with Crippen molar-refractivity contribution in [3.63, 3.8) is 0 Å². The van der Waals surface area contributed by atoms with Crippen molar-refractivity contribution in [1.29, 1.82) is 0 Å². The van der Waals surface area contributed by atoms with Gasteiger partial charge in [0.15, 0.2) is 0 Å². The third-order valence-corrected chi connectivity index (χ3v) is 3.78. The number of hydrogen-bond donors (Lipinski definition) is 1. The first-order valence-corrected chi connectivity index (χ1v) is 7.02. The van der Waals surface area contributed by atoms with Crippen LogP contribution in [0, 0.1) is 12.7 Å². The van der Waals surface area contributed by atoms with Gasteiger partial charge in [-0.3, -0.25) is 0 Å². The molecule has 2 aromatic rings. The zero-order valence-corrected chi connectivity index (χ0v) is 12.2. The van der Waals surface area contributed by atoms with Crippen molar-refractivity contribution in [2.24, 2.45) is 5.73 Å². The molecule has 1 unspecified atom stereocenters. The van der Waals surface area contributed by atoms with Crippen LogP contribution in [0.1, 0.15) is 29.2 Å². The summed E-state index contributed by atoms with van der Waals surface area (Å²) in [5, 5.41) is 3.09. The molecule has 0 saturated carbocycles. The zero-order valence-electron chi connectivity index (χ0n) is 11.4. The second-order valence-corrected chi connectivity index (χ2v) is 5.77. The van der Waals surface area contributed by atoms with Crippen molar-refractivity contribution < 1.29 is 4.39 Å². The quantitative estimate of drug-likeness (QED) is 0.934. The fourth-order valence-electron chi connectivity index (χ4n) is 2.05. The summed E-state index contributed by atoms with van der Waals surface area (Å²) in [4.78, 5) is 6.49. The SMILES string of the molecule is Cc1nc(CN(C)c2ccc(F)cc2C(C)N)cs1. The molecule has 0 radical (unpaired) electrons. The van der Waals surface area contributed by atoms with Gasteiger partial charge >= 0.3 is 0 Å². The van der Waals surface area contributed by atoms with Crippen LogP contribution < -0.4 is 10.6 Å². The minimum atomic E-state index is -0.256. The van der Waals surface area contributed by atoms with Gasteiger partial charge < -0.3 is 10.6 Å². The maximum atomic E-state index is 13.3. The van der Waals surface area contributed by atoms with Crippen molar-refractivity contribution >= 4 is 17.0 Å². The summed E-state index contributed by atoms with van der Waals surface area (Å²) in [5.74, 6) is -0.256. The van der Waals surface area contributed by atoms with E-state index >= 15 is 0 Å². The fraction of sp³-hybridized carbons (Fsp3) is 0.357. The van der Waals surface area contributed by atoms with E-state index in [4.69, 9.17) is 5.73 Å². The predicted molar refractivity (Wildman–Crippen MR) is 78.0 cm³/mol. The van der Waals surface area contributed by atoms with E-state index in [2.05, 4.69) is 4.98 Å². The summed E-state index contributed by atoms with van der Waals surface area (Å²) < 4.78 is 13.3. The number of hydrogen-bond acceptors (Lipinski definition) is 4. The van der Waals surface area contributed by atoms with Crippen LogP contribution >= 0.6 is 11.3 Å². The lowest BCUT2D eigenvalue weighted by atomic mass is 10.1. The molecular formula is C14H18FN3S. The Kier molecular flexibility index (Phi) is 4.17. The largest absolute Gasteiger partial charge is 0.368 e. The smallest absolute Gasteiger partial charge is 0.123 e. The minimum absolute atomic E-state index is 0.203. The summed E-state index contributed by atoms with van der Waals surface area (Å²) in [7, 11) is 1.97. The average Bonchev–Trinajstić information content (AvgIpc) is 2.74. The Morgan fingerprint density at radius 3 is 2.79 bits per heavy atom. The number of thiazole rings is 1. The molecule has 1 atom stereocenters. The van der Waals surface area contributed by atoms with Gasteiger partial charge in [0.1, 0.15) is 5.82 Å². The number of aryl methyl sites for hydroxylation is 1. The van der Waals surface area contributed by atoms with E-state index < -0.39 is 0 Å². The van der Waals surface area contributed by atoms with Crippen molar-refractivity contribution in [2.75, 3.05) is 11.9 Å². The highest BCUT2D eigenvalue weighted by Gasteiger charge is 2.13. The number of anilines is 1. The molecule has 0 aliphatic rings. The minimum Gasteiger partial charge on any atom is -0.368 e. The Balaban J connectivity index is 2.25. The fourth-order valence-corrected chi connectivity index (χ4v) is 2.65. The number of nitrogens with two attached hydrogens (primary N) is 1. The van der Waals surface area contributed by atoms with E-state index in [1.807, 2.05) is 31.2 Å². The van der Waals surface area contributed by atoms with Crippen LogP contribution in [0.5, 0.6) is 0 Å². The standard InChI is InChI=1S/C14H18FN3S/c1-9(16)13-6-11(15)4-5-14(13)18(3)7-12-8-19-10(2)17-12/h4-6,8-9H,7,16H2,1-3H3. The lowest BCUT2D eigenvalue weighted by molar-refractivity contribution is 0.621. The molecule has 0 aliphatic heterocycles. The van der Waals surface area contributed by atoms with Crippen LogP contribution in [0.2, 0.25) is 0 Å². The molecule has 0 spiro atoms. The van der Waals surface area contributed by atoms with Crippen molar-refractivity contribution in [2.45, 2.75) is 26.4 Å². The van der Waals surface area contributed by atoms with Crippen molar-refractivity contribution in [1.82, 2.24) is 4.98 Å². The summed E-state index contributed by atoms with van der Waals surface area (Å²) in [6.45, 7) is 4.54. The molecule has 0 aliphatic carbocycles. The van der Waals surface area contributed by atoms with Crippen LogP contribution in [0.4, 0.5) is 10.1 Å². The highest BCUT2D eigenvalue weighted by molar-refractivity contribution is 7.09. The van der Waals surface area contributed by atoms with Crippen LogP contribution in [0.25, 0.3) is 0 Å². The van der Waals surface area contributed by atoms with Gasteiger partial charge in [0, 0.05) is 24.2 Å². The van der Waals surface area contributed by atoms with E-state index in [-0.39, 0.29) is 11.9 Å². The van der Waals surface area contributed by atoms with Gasteiger partial charge in [-0.15, -0.1) is 11.3 Å². The number of nitrogens with zero attached hydrogens (tertiary/aromatic N) is 2. The molecule has 0 saturated heterocycles. The molecule has 2 N–H and O–H groups in total. The number of rotatable bonds is 4. The summed E-state index contributed by atoms with van der Waals surface area (Å²) in [6.07, 6.45) is 0. The second kappa shape index (κ2) is 5.67. The Morgan fingerprint density at radius 2 is 2.21 bits per heavy atom. The third-order valence-electron chi connectivity index (χ3n) is 2.96. The number of halogens is 1. The van der Waals surface area contributed by atoms with Gasteiger partial charge in [0.05, 0.1) is 17.2 Å². The molecule has 0 fully saturated rings. The first-order valence-electron chi connectivity index (χ1n) is 6.14. The molecule has 1 aromatic heterocycles. The van der Waals surface area contributed by atoms with Crippen LogP contribution in [0.15, 0.2) is 23.6 Å². The van der Waals surface area contributed by atoms with Crippen LogP contribution in [-0.4, -0.2) is 12.0 Å². The molecule has 0 bridgehead atoms. The topological polar surface area (TPSA) is 42.2 Å². The molecule has 1 heterocycles. The Hall–Kier alpha value is -1.46. The molecule has 102 valence electrons. The Morgan fingerprint density at radius 1 is 1.47 bits per heavy atom. The van der Waals surface area contributed by atoms with Crippen LogP contribution in [-0.2, 0) is 6.54 Å². The average molecular weight is 279 g/mol. The molecule has 1 aromatic carbocycles. The molecule has 0 amide bonds. The first-order chi connectivity index (χ1) is 8.97. The molecule has 2 rings (SSSR count). The lowest BCUT2D eigenvalue weighted by Gasteiger charge is -2.23. The number of aromatic nitrogens is 1. The van der Waals surface area contributed by atoms with Gasteiger partial charge in [-0.1, -0.05) is 0 Å². The van der Waals surface area contributed by atoms with Crippen LogP contribution in [0.3, 0.4) is 0 Å². The van der Waals surface area contributed by atoms with Gasteiger partial charge in [-0.05, 0) is 37.6 Å². The van der Waals surface area contributed by atoms with E-state index in [0.29, 0.717) is 6.54 Å². The maximum absolute atomic E-state index is 13.3. The van der Waals surface area contributed by atoms with Gasteiger partial charge in [-0.2, -0.15) is 0 Å². The molecular weight excluding hydrogens is 261 g/mol. The molecule has 5 heteroatoms. The van der Waals surface area contributed by atoms with E-state index in [0.717, 1.165) is 22.0 Å². The van der Waals surface area contributed by atoms with Gasteiger partial charge in [0.2, 0.25) is 0 Å². The Bertz CT molecular complexity index is 566. The van der Waals surface area contributed by atoms with Crippen molar-refractivity contribution in [3.05, 3.63) is 45.7 Å². The predicted octanol–water partition coefficient (Wildman–Crippen LogP) is 3.25. The van der Waals surface area contributed by atoms with E-state index in [1.165, 1.54) is 12.1 Å². The van der Waals surface area contributed by atoms with Crippen molar-refractivity contribution in [3.8, 4) is 0 Å². The van der Waals surface area contributed by atoms with E-state index in [9.17, 15) is 4.39 Å². The number of benzene rings is 1. The monoisotopic (exact) mass is 279 g/mol. The van der Waals surface area contributed by atoms with Gasteiger partial charge in [0.25, 0.3) is 0 Å². The summed E-state index contributed by atoms with van der Waals surface area (Å²) >= 11 is 1.63. The molecule has 3 nitrogen and oxygen atoms in total. The Labute approximate surface area is 116 Å². The highest BCUT2D eigenvalue weighted by atomic mass is 32.1. The third kappa shape index (κ3) is 3.30. The normalized spacial score (nSPS) is 12.5. The second-order valence-electron chi connectivity index (χ2n) is 4.71. The summed E-state index contributed by atoms with van der Waals surface area (Å²) in [6, 6.07) is 4.53. The van der Waals surface area contributed by atoms with E-state index in [1.54, 1.807) is 17.4 Å². The lowest BCUT2D eigenvalue weighted by Crippen LogP contribution is -2.20. The molecule has 19 heavy (non-hydrogen) atoms. The zero-order chi connectivity index (χ0) is 14.0. The summed E-state index contributed by atoms with van der Waals surface area (Å²) in [5.41, 5.74) is 8.69. The van der Waals surface area contributed by atoms with Gasteiger partial charge in [-0.25, -0.2) is 9.37 Å².